The van der Waals surface area contributed by atoms with E-state index in [2.05, 4.69) is 15.0 Å². The van der Waals surface area contributed by atoms with E-state index in [4.69, 9.17) is 17.0 Å². The van der Waals surface area contributed by atoms with E-state index in [1.807, 2.05) is 13.8 Å². The Balaban J connectivity index is 2.49. The topological polar surface area (TPSA) is 75.7 Å². The molecule has 1 atom stereocenters. The predicted octanol–water partition coefficient (Wildman–Crippen LogP) is 1.21. The summed E-state index contributed by atoms with van der Waals surface area (Å²) in [6.45, 7) is 5.09. The molecule has 0 saturated heterocycles. The summed E-state index contributed by atoms with van der Waals surface area (Å²) < 4.78 is 7.59. The molecule has 0 aliphatic carbocycles. The largest absolute Gasteiger partial charge is 0.377 e. The van der Waals surface area contributed by atoms with Gasteiger partial charge in [-0.1, -0.05) is 0 Å². The summed E-state index contributed by atoms with van der Waals surface area (Å²) in [5, 5.41) is 0. The van der Waals surface area contributed by atoms with Crippen LogP contribution in [-0.4, -0.2) is 32.2 Å². The van der Waals surface area contributed by atoms with Crippen molar-refractivity contribution in [1.29, 1.82) is 0 Å². The number of rotatable bonds is 4. The molecule has 6 nitrogen and oxygen atoms in total. The summed E-state index contributed by atoms with van der Waals surface area (Å²) in [6.07, 6.45) is 1.49. The van der Waals surface area contributed by atoms with Crippen molar-refractivity contribution in [2.24, 2.45) is 0 Å². The highest BCUT2D eigenvalue weighted by Crippen LogP contribution is 2.06. The maximum absolute atomic E-state index is 11.6. The van der Waals surface area contributed by atoms with Gasteiger partial charge in [0.1, 0.15) is 5.52 Å². The van der Waals surface area contributed by atoms with Crippen LogP contribution in [0.3, 0.4) is 0 Å². The van der Waals surface area contributed by atoms with Crippen LogP contribution in [-0.2, 0) is 11.3 Å². The van der Waals surface area contributed by atoms with E-state index in [1.54, 1.807) is 4.57 Å². The van der Waals surface area contributed by atoms with Gasteiger partial charge in [-0.25, -0.2) is 4.98 Å². The SMILES string of the molecule is CCO[C@H](C)Cn1c(=S)[nH]c(=O)c2[nH]cnc21. The minimum absolute atomic E-state index is 0.0116. The first-order chi connectivity index (χ1) is 8.13. The van der Waals surface area contributed by atoms with Gasteiger partial charge in [0.2, 0.25) is 0 Å². The molecule has 17 heavy (non-hydrogen) atoms. The first-order valence-corrected chi connectivity index (χ1v) is 5.82. The van der Waals surface area contributed by atoms with E-state index in [0.717, 1.165) is 0 Å². The highest BCUT2D eigenvalue weighted by Gasteiger charge is 2.10. The lowest BCUT2D eigenvalue weighted by atomic mass is 10.4. The lowest BCUT2D eigenvalue weighted by Crippen LogP contribution is -2.21. The van der Waals surface area contributed by atoms with Crippen LogP contribution in [0.1, 0.15) is 13.8 Å². The second-order valence-electron chi connectivity index (χ2n) is 3.74. The standard InChI is InChI=1S/C10H14N4O2S/c1-3-16-6(2)4-14-8-7(11-5-12-8)9(15)13-10(14)17/h5-6H,3-4H2,1-2H3,(H,11,12)(H,13,15,17)/t6-/m1/s1. The summed E-state index contributed by atoms with van der Waals surface area (Å²) in [7, 11) is 0. The van der Waals surface area contributed by atoms with Crippen LogP contribution in [0, 0.1) is 4.77 Å². The van der Waals surface area contributed by atoms with Gasteiger partial charge in [0.05, 0.1) is 19.0 Å². The number of fused-ring (bicyclic) bond motifs is 1. The van der Waals surface area contributed by atoms with Gasteiger partial charge < -0.3 is 9.72 Å². The van der Waals surface area contributed by atoms with Crippen molar-refractivity contribution >= 4 is 23.4 Å². The average Bonchev–Trinajstić information content (AvgIpc) is 2.73. The van der Waals surface area contributed by atoms with E-state index >= 15 is 0 Å². The van der Waals surface area contributed by atoms with Gasteiger partial charge in [-0.3, -0.25) is 14.3 Å². The highest BCUT2D eigenvalue weighted by molar-refractivity contribution is 7.71. The van der Waals surface area contributed by atoms with Crippen LogP contribution in [0.2, 0.25) is 0 Å². The fraction of sp³-hybridized carbons (Fsp3) is 0.500. The molecule has 0 bridgehead atoms. The molecule has 0 aliphatic heterocycles. The summed E-state index contributed by atoms with van der Waals surface area (Å²) in [6, 6.07) is 0. The van der Waals surface area contributed by atoms with Gasteiger partial charge >= 0.3 is 0 Å². The molecule has 0 amide bonds. The van der Waals surface area contributed by atoms with Gasteiger partial charge in [-0.2, -0.15) is 0 Å². The fourth-order valence-electron chi connectivity index (χ4n) is 1.75. The molecule has 0 unspecified atom stereocenters. The molecule has 0 fully saturated rings. The highest BCUT2D eigenvalue weighted by atomic mass is 32.1. The molecule has 2 N–H and O–H groups in total. The summed E-state index contributed by atoms with van der Waals surface area (Å²) >= 11 is 5.13. The number of imidazole rings is 1. The van der Waals surface area contributed by atoms with Crippen LogP contribution in [0.15, 0.2) is 11.1 Å². The maximum atomic E-state index is 11.6. The Hall–Kier alpha value is -1.47. The third-order valence-corrected chi connectivity index (χ3v) is 2.78. The minimum Gasteiger partial charge on any atom is -0.377 e. The number of ether oxygens (including phenoxy) is 1. The van der Waals surface area contributed by atoms with E-state index < -0.39 is 0 Å². The molecule has 92 valence electrons. The predicted molar refractivity (Wildman–Crippen MR) is 66.6 cm³/mol. The minimum atomic E-state index is -0.247. The van der Waals surface area contributed by atoms with Gasteiger partial charge in [0.15, 0.2) is 10.4 Å². The van der Waals surface area contributed by atoms with E-state index in [-0.39, 0.29) is 11.7 Å². The quantitative estimate of drug-likeness (QED) is 0.804. The second kappa shape index (κ2) is 4.80. The zero-order valence-electron chi connectivity index (χ0n) is 9.69. The fourth-order valence-corrected chi connectivity index (χ4v) is 2.00. The number of nitrogens with zero attached hydrogens (tertiary/aromatic N) is 2. The summed E-state index contributed by atoms with van der Waals surface area (Å²) in [4.78, 5) is 21.1. The van der Waals surface area contributed by atoms with E-state index in [9.17, 15) is 4.79 Å². The molecule has 0 radical (unpaired) electrons. The van der Waals surface area contributed by atoms with Crippen molar-refractivity contribution in [2.45, 2.75) is 26.5 Å². The number of aromatic nitrogens is 4. The first-order valence-electron chi connectivity index (χ1n) is 5.41. The number of H-pyrrole nitrogens is 2. The van der Waals surface area contributed by atoms with Gasteiger partial charge in [0.25, 0.3) is 5.56 Å². The number of nitrogens with one attached hydrogen (secondary N) is 2. The lowest BCUT2D eigenvalue weighted by Gasteiger charge is -2.14. The average molecular weight is 254 g/mol. The molecule has 2 rings (SSSR count). The van der Waals surface area contributed by atoms with Gasteiger partial charge in [-0.15, -0.1) is 0 Å². The number of hydrogen-bond acceptors (Lipinski definition) is 4. The van der Waals surface area contributed by atoms with Gasteiger partial charge in [-0.05, 0) is 26.1 Å². The van der Waals surface area contributed by atoms with Crippen LogP contribution >= 0.6 is 12.2 Å². The maximum Gasteiger partial charge on any atom is 0.277 e. The van der Waals surface area contributed by atoms with Crippen molar-refractivity contribution in [1.82, 2.24) is 19.5 Å². The van der Waals surface area contributed by atoms with Crippen LogP contribution < -0.4 is 5.56 Å². The van der Waals surface area contributed by atoms with Crippen molar-refractivity contribution < 1.29 is 4.74 Å². The summed E-state index contributed by atoms with van der Waals surface area (Å²) in [5.74, 6) is 0. The molecule has 0 spiro atoms. The molecular weight excluding hydrogens is 240 g/mol. The Morgan fingerprint density at radius 1 is 1.65 bits per heavy atom. The number of hydrogen-bond donors (Lipinski definition) is 2. The van der Waals surface area contributed by atoms with Crippen LogP contribution in [0.25, 0.3) is 11.2 Å². The normalized spacial score (nSPS) is 13.1. The number of aromatic amines is 2. The molecule has 0 aromatic carbocycles. The molecule has 0 saturated carbocycles. The second-order valence-corrected chi connectivity index (χ2v) is 4.12. The van der Waals surface area contributed by atoms with Gasteiger partial charge in [0, 0.05) is 6.61 Å². The zero-order chi connectivity index (χ0) is 12.4. The molecule has 2 heterocycles. The smallest absolute Gasteiger partial charge is 0.277 e. The Morgan fingerprint density at radius 2 is 2.41 bits per heavy atom. The van der Waals surface area contributed by atoms with Crippen molar-refractivity contribution in [3.05, 3.63) is 21.5 Å². The monoisotopic (exact) mass is 254 g/mol. The molecular formula is C10H14N4O2S. The Morgan fingerprint density at radius 3 is 3.12 bits per heavy atom. The van der Waals surface area contributed by atoms with E-state index in [0.29, 0.717) is 29.1 Å². The van der Waals surface area contributed by atoms with Crippen molar-refractivity contribution in [3.63, 3.8) is 0 Å². The Kier molecular flexibility index (Phi) is 3.39. The van der Waals surface area contributed by atoms with Crippen LogP contribution in [0.4, 0.5) is 0 Å². The Labute approximate surface area is 103 Å². The molecule has 0 aliphatic rings. The summed E-state index contributed by atoms with van der Waals surface area (Å²) in [5.41, 5.74) is 0.746. The first kappa shape index (κ1) is 12.0. The molecule has 2 aromatic rings. The van der Waals surface area contributed by atoms with E-state index in [1.165, 1.54) is 6.33 Å². The molecule has 2 aromatic heterocycles. The Bertz CT molecular complexity index is 627. The lowest BCUT2D eigenvalue weighted by molar-refractivity contribution is 0.0642. The third-order valence-electron chi connectivity index (χ3n) is 2.46. The van der Waals surface area contributed by atoms with Crippen molar-refractivity contribution in [2.75, 3.05) is 6.61 Å². The van der Waals surface area contributed by atoms with Crippen LogP contribution in [0.5, 0.6) is 0 Å². The molecule has 7 heteroatoms. The third kappa shape index (κ3) is 2.29. The van der Waals surface area contributed by atoms with Crippen molar-refractivity contribution in [3.8, 4) is 0 Å². The zero-order valence-corrected chi connectivity index (χ0v) is 10.5.